The van der Waals surface area contributed by atoms with Crippen LogP contribution in [0, 0.1) is 19.8 Å². The molecule has 112 valence electrons. The van der Waals surface area contributed by atoms with E-state index in [2.05, 4.69) is 4.72 Å². The molecule has 20 heavy (non-hydrogen) atoms. The Bertz CT molecular complexity index is 553. The first-order valence-corrected chi connectivity index (χ1v) is 8.75. The Balaban J connectivity index is 2.06. The van der Waals surface area contributed by atoms with Crippen molar-refractivity contribution in [3.8, 4) is 0 Å². The Labute approximate surface area is 121 Å². The van der Waals surface area contributed by atoms with Crippen molar-refractivity contribution in [1.82, 2.24) is 4.72 Å². The molecule has 0 spiro atoms. The van der Waals surface area contributed by atoms with E-state index in [4.69, 9.17) is 5.73 Å². The van der Waals surface area contributed by atoms with Crippen molar-refractivity contribution in [3.63, 3.8) is 0 Å². The Morgan fingerprint density at radius 1 is 1.20 bits per heavy atom. The molecule has 1 saturated carbocycles. The fraction of sp³-hybridized carbons (Fsp3) is 0.600. The molecule has 4 nitrogen and oxygen atoms in total. The first kappa shape index (κ1) is 15.3. The number of aryl methyl sites for hydroxylation is 2. The highest BCUT2D eigenvalue weighted by Gasteiger charge is 2.21. The zero-order valence-corrected chi connectivity index (χ0v) is 13.1. The molecule has 0 unspecified atom stereocenters. The summed E-state index contributed by atoms with van der Waals surface area (Å²) in [5, 5.41) is 0. The van der Waals surface area contributed by atoms with Crippen molar-refractivity contribution in [1.29, 1.82) is 0 Å². The van der Waals surface area contributed by atoms with Gasteiger partial charge in [0.25, 0.3) is 0 Å². The molecule has 1 aliphatic carbocycles. The standard InChI is InChI=1S/C15H24N2O2S/c1-11-9-14(16)10-12(2)15(11)20(18,19)17-8-7-13-5-3-4-6-13/h9-10,13,17H,3-8,16H2,1-2H3. The second kappa shape index (κ2) is 6.14. The van der Waals surface area contributed by atoms with Gasteiger partial charge in [0.15, 0.2) is 0 Å². The van der Waals surface area contributed by atoms with Crippen LogP contribution in [0.4, 0.5) is 5.69 Å². The van der Waals surface area contributed by atoms with Crippen LogP contribution in [0.15, 0.2) is 17.0 Å². The predicted octanol–water partition coefficient (Wildman–Crippen LogP) is 2.74. The summed E-state index contributed by atoms with van der Waals surface area (Å²) in [4.78, 5) is 0.373. The first-order valence-electron chi connectivity index (χ1n) is 7.26. The maximum atomic E-state index is 12.4. The molecule has 1 aromatic carbocycles. The molecule has 0 radical (unpaired) electrons. The van der Waals surface area contributed by atoms with Gasteiger partial charge in [-0.15, -0.1) is 0 Å². The first-order chi connectivity index (χ1) is 9.40. The zero-order chi connectivity index (χ0) is 14.8. The van der Waals surface area contributed by atoms with Gasteiger partial charge >= 0.3 is 0 Å². The third kappa shape index (κ3) is 3.52. The number of anilines is 1. The smallest absolute Gasteiger partial charge is 0.241 e. The molecular formula is C15H24N2O2S. The molecule has 0 bridgehead atoms. The molecule has 0 heterocycles. The van der Waals surface area contributed by atoms with Crippen LogP contribution in [0.2, 0.25) is 0 Å². The molecule has 1 aromatic rings. The van der Waals surface area contributed by atoms with Gasteiger partial charge in [0.1, 0.15) is 0 Å². The summed E-state index contributed by atoms with van der Waals surface area (Å²) in [6, 6.07) is 3.41. The zero-order valence-electron chi connectivity index (χ0n) is 12.3. The van der Waals surface area contributed by atoms with Crippen LogP contribution >= 0.6 is 0 Å². The number of nitrogen functional groups attached to an aromatic ring is 1. The normalized spacial score (nSPS) is 16.7. The molecule has 0 saturated heterocycles. The molecule has 0 atom stereocenters. The highest BCUT2D eigenvalue weighted by atomic mass is 32.2. The fourth-order valence-corrected chi connectivity index (χ4v) is 4.67. The maximum absolute atomic E-state index is 12.4. The Morgan fingerprint density at radius 2 is 1.75 bits per heavy atom. The second-order valence-corrected chi connectivity index (χ2v) is 7.52. The van der Waals surface area contributed by atoms with Crippen molar-refractivity contribution < 1.29 is 8.42 Å². The molecule has 3 N–H and O–H groups in total. The van der Waals surface area contributed by atoms with Crippen LogP contribution in [0.5, 0.6) is 0 Å². The molecule has 2 rings (SSSR count). The third-order valence-corrected chi connectivity index (χ3v) is 5.84. The minimum absolute atomic E-state index is 0.373. The summed E-state index contributed by atoms with van der Waals surface area (Å²) in [6.45, 7) is 4.10. The lowest BCUT2D eigenvalue weighted by Gasteiger charge is -2.14. The lowest BCUT2D eigenvalue weighted by molar-refractivity contribution is 0.495. The van der Waals surface area contributed by atoms with Crippen LogP contribution in [0.25, 0.3) is 0 Å². The molecular weight excluding hydrogens is 272 g/mol. The quantitative estimate of drug-likeness (QED) is 0.821. The molecule has 1 fully saturated rings. The third-order valence-electron chi connectivity index (χ3n) is 4.07. The number of nitrogens with one attached hydrogen (secondary N) is 1. The summed E-state index contributed by atoms with van der Waals surface area (Å²) < 4.78 is 27.5. The van der Waals surface area contributed by atoms with Crippen LogP contribution in [0.1, 0.15) is 43.2 Å². The summed E-state index contributed by atoms with van der Waals surface area (Å²) in [5.41, 5.74) is 7.75. The van der Waals surface area contributed by atoms with Gasteiger partial charge in [-0.2, -0.15) is 0 Å². The van der Waals surface area contributed by atoms with Crippen LogP contribution in [-0.4, -0.2) is 15.0 Å². The number of sulfonamides is 1. The SMILES string of the molecule is Cc1cc(N)cc(C)c1S(=O)(=O)NCCC1CCCC1. The van der Waals surface area contributed by atoms with Crippen LogP contribution < -0.4 is 10.5 Å². The van der Waals surface area contributed by atoms with Gasteiger partial charge in [0.2, 0.25) is 10.0 Å². The van der Waals surface area contributed by atoms with E-state index in [1.165, 1.54) is 25.7 Å². The average Bonchev–Trinajstić information content (AvgIpc) is 2.79. The van der Waals surface area contributed by atoms with E-state index in [0.717, 1.165) is 6.42 Å². The van der Waals surface area contributed by atoms with Gasteiger partial charge in [-0.1, -0.05) is 25.7 Å². The van der Waals surface area contributed by atoms with Crippen molar-refractivity contribution in [3.05, 3.63) is 23.3 Å². The summed E-state index contributed by atoms with van der Waals surface area (Å²) >= 11 is 0. The Hall–Kier alpha value is -1.07. The fourth-order valence-electron chi connectivity index (χ4n) is 3.18. The number of rotatable bonds is 5. The molecule has 0 aromatic heterocycles. The van der Waals surface area contributed by atoms with Crippen molar-refractivity contribution >= 4 is 15.7 Å². The van der Waals surface area contributed by atoms with E-state index in [1.54, 1.807) is 26.0 Å². The summed E-state index contributed by atoms with van der Waals surface area (Å²) in [5.74, 6) is 0.686. The minimum Gasteiger partial charge on any atom is -0.399 e. The van der Waals surface area contributed by atoms with Gasteiger partial charge in [0, 0.05) is 12.2 Å². The van der Waals surface area contributed by atoms with Gasteiger partial charge < -0.3 is 5.73 Å². The topological polar surface area (TPSA) is 72.2 Å². The monoisotopic (exact) mass is 296 g/mol. The second-order valence-electron chi connectivity index (χ2n) is 5.82. The van der Waals surface area contributed by atoms with E-state index in [-0.39, 0.29) is 0 Å². The van der Waals surface area contributed by atoms with E-state index in [1.807, 2.05) is 0 Å². The van der Waals surface area contributed by atoms with E-state index >= 15 is 0 Å². The van der Waals surface area contributed by atoms with Crippen molar-refractivity contribution in [2.75, 3.05) is 12.3 Å². The van der Waals surface area contributed by atoms with Gasteiger partial charge in [-0.25, -0.2) is 13.1 Å². The highest BCUT2D eigenvalue weighted by molar-refractivity contribution is 7.89. The van der Waals surface area contributed by atoms with Crippen molar-refractivity contribution in [2.45, 2.75) is 50.8 Å². The number of hydrogen-bond acceptors (Lipinski definition) is 3. The largest absolute Gasteiger partial charge is 0.399 e. The van der Waals surface area contributed by atoms with Gasteiger partial charge in [0.05, 0.1) is 4.90 Å². The number of benzene rings is 1. The summed E-state index contributed by atoms with van der Waals surface area (Å²) in [6.07, 6.45) is 5.98. The number of nitrogens with two attached hydrogens (primary N) is 1. The lowest BCUT2D eigenvalue weighted by Crippen LogP contribution is -2.27. The predicted molar refractivity (Wildman–Crippen MR) is 82.1 cm³/mol. The Morgan fingerprint density at radius 3 is 2.30 bits per heavy atom. The van der Waals surface area contributed by atoms with Gasteiger partial charge in [-0.3, -0.25) is 0 Å². The van der Waals surface area contributed by atoms with Crippen molar-refractivity contribution in [2.24, 2.45) is 5.92 Å². The average molecular weight is 296 g/mol. The highest BCUT2D eigenvalue weighted by Crippen LogP contribution is 2.27. The van der Waals surface area contributed by atoms with Crippen LogP contribution in [-0.2, 0) is 10.0 Å². The Kier molecular flexibility index (Phi) is 4.70. The van der Waals surface area contributed by atoms with E-state index in [9.17, 15) is 8.42 Å². The molecule has 0 aliphatic heterocycles. The molecule has 0 amide bonds. The summed E-state index contributed by atoms with van der Waals surface area (Å²) in [7, 11) is -3.44. The number of hydrogen-bond donors (Lipinski definition) is 2. The van der Waals surface area contributed by atoms with Gasteiger partial charge in [-0.05, 0) is 49.4 Å². The molecule has 5 heteroatoms. The molecule has 1 aliphatic rings. The minimum atomic E-state index is -3.44. The maximum Gasteiger partial charge on any atom is 0.241 e. The lowest BCUT2D eigenvalue weighted by atomic mass is 10.1. The van der Waals surface area contributed by atoms with Crippen LogP contribution in [0.3, 0.4) is 0 Å². The van der Waals surface area contributed by atoms with E-state index < -0.39 is 10.0 Å². The van der Waals surface area contributed by atoms with E-state index in [0.29, 0.717) is 34.2 Å².